The fourth-order valence-corrected chi connectivity index (χ4v) is 6.08. The van der Waals surface area contributed by atoms with Crippen molar-refractivity contribution < 1.29 is 14.1 Å². The molecule has 0 spiro atoms. The van der Waals surface area contributed by atoms with E-state index in [-0.39, 0.29) is 18.4 Å². The van der Waals surface area contributed by atoms with Crippen molar-refractivity contribution in [3.05, 3.63) is 89.8 Å². The minimum atomic E-state index is -0.248. The molecule has 198 valence electrons. The third-order valence-electron chi connectivity index (χ3n) is 7.97. The number of methoxy groups -OCH3 is 1. The van der Waals surface area contributed by atoms with E-state index < -0.39 is 0 Å². The van der Waals surface area contributed by atoms with Crippen LogP contribution in [-0.4, -0.2) is 32.8 Å². The second kappa shape index (κ2) is 10.5. The maximum absolute atomic E-state index is 11.8. The van der Waals surface area contributed by atoms with Gasteiger partial charge < -0.3 is 13.8 Å². The number of fused-ring (bicyclic) bond motifs is 1. The molecule has 1 unspecified atom stereocenters. The molecule has 1 aliphatic carbocycles. The van der Waals surface area contributed by atoms with Gasteiger partial charge in [-0.25, -0.2) is 0 Å². The van der Waals surface area contributed by atoms with Crippen LogP contribution < -0.4 is 0 Å². The second-order valence-corrected chi connectivity index (χ2v) is 10.4. The van der Waals surface area contributed by atoms with E-state index in [1.807, 2.05) is 44.4 Å². The van der Waals surface area contributed by atoms with Crippen molar-refractivity contribution in [1.29, 1.82) is 0 Å². The lowest BCUT2D eigenvalue weighted by Gasteiger charge is -2.26. The second-order valence-electron chi connectivity index (χ2n) is 10.4. The first-order valence-corrected chi connectivity index (χ1v) is 13.5. The van der Waals surface area contributed by atoms with Crippen LogP contribution >= 0.6 is 0 Å². The lowest BCUT2D eigenvalue weighted by molar-refractivity contribution is -0.139. The topological polar surface area (TPSA) is 83.0 Å². The van der Waals surface area contributed by atoms with Gasteiger partial charge in [0.05, 0.1) is 42.0 Å². The molecule has 1 saturated carbocycles. The van der Waals surface area contributed by atoms with Crippen LogP contribution in [0.3, 0.4) is 0 Å². The summed E-state index contributed by atoms with van der Waals surface area (Å²) in [6.07, 6.45) is 11.1. The smallest absolute Gasteiger partial charge is 0.309 e. The van der Waals surface area contributed by atoms with Crippen LogP contribution in [0.25, 0.3) is 33.3 Å². The Morgan fingerprint density at radius 3 is 2.54 bits per heavy atom. The van der Waals surface area contributed by atoms with Gasteiger partial charge in [0.15, 0.2) is 0 Å². The number of hydrogen-bond donors (Lipinski definition) is 0. The summed E-state index contributed by atoms with van der Waals surface area (Å²) in [5, 5.41) is 4.18. The minimum absolute atomic E-state index is 0.102. The van der Waals surface area contributed by atoms with Crippen molar-refractivity contribution in [2.24, 2.45) is 5.92 Å². The van der Waals surface area contributed by atoms with Crippen LogP contribution in [0.15, 0.2) is 71.6 Å². The lowest BCUT2D eigenvalue weighted by atomic mass is 9.94. The van der Waals surface area contributed by atoms with E-state index in [1.165, 1.54) is 32.8 Å². The van der Waals surface area contributed by atoms with Gasteiger partial charge in [-0.1, -0.05) is 48.3 Å². The Kier molecular flexibility index (Phi) is 6.73. The molecule has 1 aliphatic rings. The van der Waals surface area contributed by atoms with Gasteiger partial charge in [0.1, 0.15) is 5.76 Å². The monoisotopic (exact) mass is 520 g/mol. The number of nitrogens with zero attached hydrogens (tertiary/aromatic N) is 4. The highest BCUT2D eigenvalue weighted by Gasteiger charge is 2.31. The number of carbonyl (C=O) groups excluding carboxylic acids is 1. The Labute approximate surface area is 227 Å². The Bertz CT molecular complexity index is 1590. The van der Waals surface area contributed by atoms with E-state index in [4.69, 9.17) is 19.2 Å². The Balaban J connectivity index is 1.54. The number of benzene rings is 1. The molecule has 7 nitrogen and oxygen atoms in total. The van der Waals surface area contributed by atoms with E-state index in [0.717, 1.165) is 56.0 Å². The predicted molar refractivity (Wildman–Crippen MR) is 150 cm³/mol. The van der Waals surface area contributed by atoms with E-state index in [1.54, 1.807) is 0 Å². The standard InChI is InChI=1S/C32H32N4O3/c1-20-30(21(2)39-35-20)25-17-28-31(34-18-25)26(23-13-11-22(12-14-23)16-29(37)38-3)19-36(28)32(24-8-4-5-9-24)27-10-6-7-15-33-27/h6-7,10-15,17-19,24,32H,4-5,8-9,16H2,1-3H3. The summed E-state index contributed by atoms with van der Waals surface area (Å²) < 4.78 is 12.7. The van der Waals surface area contributed by atoms with Crippen molar-refractivity contribution >= 4 is 17.0 Å². The number of carbonyl (C=O) groups is 1. The summed E-state index contributed by atoms with van der Waals surface area (Å²) in [4.78, 5) is 21.6. The van der Waals surface area contributed by atoms with E-state index in [2.05, 4.69) is 46.3 Å². The Hall–Kier alpha value is -4.26. The lowest BCUT2D eigenvalue weighted by Crippen LogP contribution is -2.19. The van der Waals surface area contributed by atoms with Crippen molar-refractivity contribution in [2.75, 3.05) is 7.11 Å². The molecule has 7 heteroatoms. The number of hydrogen-bond acceptors (Lipinski definition) is 6. The summed E-state index contributed by atoms with van der Waals surface area (Å²) >= 11 is 0. The molecule has 0 saturated heterocycles. The van der Waals surface area contributed by atoms with Crippen LogP contribution in [0.1, 0.15) is 54.4 Å². The van der Waals surface area contributed by atoms with E-state index >= 15 is 0 Å². The SMILES string of the molecule is COC(=O)Cc1ccc(-c2cn(C(c3ccccn3)C3CCCC3)c3cc(-c4c(C)noc4C)cnc23)cc1. The molecule has 5 aromatic rings. The highest BCUT2D eigenvalue weighted by molar-refractivity contribution is 5.95. The zero-order valence-corrected chi connectivity index (χ0v) is 22.6. The average molecular weight is 521 g/mol. The molecule has 0 amide bonds. The first-order valence-electron chi connectivity index (χ1n) is 13.5. The molecule has 1 aromatic carbocycles. The summed E-state index contributed by atoms with van der Waals surface area (Å²) in [6.45, 7) is 3.90. The van der Waals surface area contributed by atoms with Gasteiger partial charge in [0.25, 0.3) is 0 Å². The molecule has 4 aromatic heterocycles. The molecule has 0 bridgehead atoms. The molecule has 39 heavy (non-hydrogen) atoms. The molecule has 1 atom stereocenters. The molecular weight excluding hydrogens is 488 g/mol. The van der Waals surface area contributed by atoms with Crippen molar-refractivity contribution in [3.63, 3.8) is 0 Å². The van der Waals surface area contributed by atoms with Gasteiger partial charge in [-0.2, -0.15) is 0 Å². The number of pyridine rings is 2. The first-order chi connectivity index (χ1) is 19.0. The molecule has 0 radical (unpaired) electrons. The number of rotatable bonds is 7. The average Bonchev–Trinajstić information content (AvgIpc) is 3.70. The van der Waals surface area contributed by atoms with Crippen LogP contribution in [-0.2, 0) is 16.0 Å². The summed E-state index contributed by atoms with van der Waals surface area (Å²) in [7, 11) is 1.41. The number of aryl methyl sites for hydroxylation is 2. The fraction of sp³-hybridized carbons (Fsp3) is 0.312. The predicted octanol–water partition coefficient (Wildman–Crippen LogP) is 6.87. The number of esters is 1. The highest BCUT2D eigenvalue weighted by Crippen LogP contribution is 2.42. The van der Waals surface area contributed by atoms with Crippen molar-refractivity contribution in [3.8, 4) is 22.3 Å². The largest absolute Gasteiger partial charge is 0.469 e. The Morgan fingerprint density at radius 2 is 1.87 bits per heavy atom. The van der Waals surface area contributed by atoms with Crippen LogP contribution in [0.2, 0.25) is 0 Å². The van der Waals surface area contributed by atoms with Crippen LogP contribution in [0, 0.1) is 19.8 Å². The summed E-state index contributed by atoms with van der Waals surface area (Å²) in [5.74, 6) is 1.03. The van der Waals surface area contributed by atoms with Gasteiger partial charge in [0.2, 0.25) is 0 Å². The van der Waals surface area contributed by atoms with E-state index in [0.29, 0.717) is 5.92 Å². The number of ether oxygens (including phenoxy) is 1. The highest BCUT2D eigenvalue weighted by atomic mass is 16.5. The zero-order valence-electron chi connectivity index (χ0n) is 22.6. The van der Waals surface area contributed by atoms with Crippen molar-refractivity contribution in [1.82, 2.24) is 19.7 Å². The fourth-order valence-electron chi connectivity index (χ4n) is 6.08. The molecular formula is C32H32N4O3. The Morgan fingerprint density at radius 1 is 1.08 bits per heavy atom. The van der Waals surface area contributed by atoms with Gasteiger partial charge in [-0.15, -0.1) is 0 Å². The maximum atomic E-state index is 11.8. The van der Waals surface area contributed by atoms with Gasteiger partial charge >= 0.3 is 5.97 Å². The molecule has 6 rings (SSSR count). The van der Waals surface area contributed by atoms with Gasteiger partial charge in [-0.3, -0.25) is 14.8 Å². The third-order valence-corrected chi connectivity index (χ3v) is 7.97. The molecule has 0 aliphatic heterocycles. The minimum Gasteiger partial charge on any atom is -0.469 e. The maximum Gasteiger partial charge on any atom is 0.309 e. The van der Waals surface area contributed by atoms with Gasteiger partial charge in [0, 0.05) is 35.3 Å². The normalized spacial score (nSPS) is 14.6. The van der Waals surface area contributed by atoms with Gasteiger partial charge in [-0.05, 0) is 61.9 Å². The molecule has 0 N–H and O–H groups in total. The van der Waals surface area contributed by atoms with Crippen LogP contribution in [0.5, 0.6) is 0 Å². The summed E-state index contributed by atoms with van der Waals surface area (Å²) in [6, 6.07) is 16.6. The third kappa shape index (κ3) is 4.73. The summed E-state index contributed by atoms with van der Waals surface area (Å²) in [5.41, 5.74) is 8.92. The van der Waals surface area contributed by atoms with E-state index in [9.17, 15) is 4.79 Å². The van der Waals surface area contributed by atoms with Crippen molar-refractivity contribution in [2.45, 2.75) is 52.0 Å². The molecule has 1 fully saturated rings. The first kappa shape index (κ1) is 25.0. The zero-order chi connectivity index (χ0) is 26.9. The quantitative estimate of drug-likeness (QED) is 0.218. The van der Waals surface area contributed by atoms with Crippen LogP contribution in [0.4, 0.5) is 0 Å². The number of aromatic nitrogens is 4. The molecule has 4 heterocycles.